The number of likely N-dealkylation sites (tertiary alicyclic amines) is 1. The van der Waals surface area contributed by atoms with Crippen LogP contribution in [0.1, 0.15) is 12.8 Å². The van der Waals surface area contributed by atoms with Gasteiger partial charge < -0.3 is 10.4 Å². The summed E-state index contributed by atoms with van der Waals surface area (Å²) in [4.78, 5) is 17.7. The van der Waals surface area contributed by atoms with E-state index >= 15 is 0 Å². The van der Waals surface area contributed by atoms with Crippen LogP contribution < -0.4 is 5.32 Å². The van der Waals surface area contributed by atoms with Gasteiger partial charge >= 0.3 is 0 Å². The van der Waals surface area contributed by atoms with Crippen LogP contribution in [-0.4, -0.2) is 46.6 Å². The molecule has 0 bridgehead atoms. The average molecular weight is 270 g/mol. The van der Waals surface area contributed by atoms with Gasteiger partial charge in [-0.05, 0) is 25.0 Å². The van der Waals surface area contributed by atoms with Crippen LogP contribution >= 0.6 is 11.6 Å². The second-order valence-electron chi connectivity index (χ2n) is 4.40. The lowest BCUT2D eigenvalue weighted by atomic mass is 10.1. The minimum absolute atomic E-state index is 0.110. The Labute approximate surface area is 111 Å². The van der Waals surface area contributed by atoms with Gasteiger partial charge in [-0.2, -0.15) is 0 Å². The van der Waals surface area contributed by atoms with Crippen molar-refractivity contribution >= 4 is 23.2 Å². The zero-order valence-electron chi connectivity index (χ0n) is 9.97. The Bertz CT molecular complexity index is 420. The topological polar surface area (TPSA) is 65.5 Å². The quantitative estimate of drug-likeness (QED) is 0.808. The second-order valence-corrected chi connectivity index (χ2v) is 4.76. The summed E-state index contributed by atoms with van der Waals surface area (Å²) in [6.07, 6.45) is 2.79. The lowest BCUT2D eigenvalue weighted by Gasteiger charge is -2.28. The van der Waals surface area contributed by atoms with Crippen molar-refractivity contribution in [2.75, 3.05) is 25.0 Å². The zero-order valence-corrected chi connectivity index (χ0v) is 10.7. The van der Waals surface area contributed by atoms with Crippen molar-refractivity contribution < 1.29 is 9.90 Å². The molecular formula is C12H16ClN3O2. The maximum absolute atomic E-state index is 11.8. The molecule has 0 atom stereocenters. The predicted molar refractivity (Wildman–Crippen MR) is 69.6 cm³/mol. The Morgan fingerprint density at radius 1 is 1.56 bits per heavy atom. The molecule has 98 valence electrons. The van der Waals surface area contributed by atoms with Gasteiger partial charge in [0.25, 0.3) is 0 Å². The van der Waals surface area contributed by atoms with E-state index in [1.54, 1.807) is 18.3 Å². The molecule has 18 heavy (non-hydrogen) atoms. The maximum atomic E-state index is 11.8. The van der Waals surface area contributed by atoms with Gasteiger partial charge in [0.1, 0.15) is 0 Å². The van der Waals surface area contributed by atoms with Crippen LogP contribution in [0.4, 0.5) is 5.69 Å². The van der Waals surface area contributed by atoms with Gasteiger partial charge in [0.05, 0.1) is 18.3 Å². The highest BCUT2D eigenvalue weighted by Crippen LogP contribution is 2.17. The number of aromatic nitrogens is 1. The SMILES string of the molecule is O=C(CN1CCC(O)CC1)Nc1cccnc1Cl. The van der Waals surface area contributed by atoms with E-state index in [0.29, 0.717) is 17.4 Å². The molecule has 0 spiro atoms. The molecule has 0 unspecified atom stereocenters. The normalized spacial score (nSPS) is 17.7. The zero-order chi connectivity index (χ0) is 13.0. The van der Waals surface area contributed by atoms with Gasteiger partial charge in [-0.3, -0.25) is 9.69 Å². The first kappa shape index (κ1) is 13.3. The summed E-state index contributed by atoms with van der Waals surface area (Å²) >= 11 is 5.86. The first-order valence-electron chi connectivity index (χ1n) is 5.96. The summed E-state index contributed by atoms with van der Waals surface area (Å²) in [6.45, 7) is 1.81. The van der Waals surface area contributed by atoms with Crippen molar-refractivity contribution in [3.63, 3.8) is 0 Å². The summed E-state index contributed by atoms with van der Waals surface area (Å²) < 4.78 is 0. The van der Waals surface area contributed by atoms with E-state index in [4.69, 9.17) is 11.6 Å². The molecule has 1 aliphatic heterocycles. The number of nitrogens with one attached hydrogen (secondary N) is 1. The van der Waals surface area contributed by atoms with Gasteiger partial charge in [0, 0.05) is 19.3 Å². The average Bonchev–Trinajstić information content (AvgIpc) is 2.35. The van der Waals surface area contributed by atoms with E-state index in [1.165, 1.54) is 0 Å². The second kappa shape index (κ2) is 6.13. The van der Waals surface area contributed by atoms with Crippen LogP contribution in [0.25, 0.3) is 0 Å². The summed E-state index contributed by atoms with van der Waals surface area (Å²) in [5, 5.41) is 12.4. The van der Waals surface area contributed by atoms with E-state index in [2.05, 4.69) is 10.3 Å². The van der Waals surface area contributed by atoms with Crippen molar-refractivity contribution in [3.8, 4) is 0 Å². The Balaban J connectivity index is 1.84. The Morgan fingerprint density at radius 3 is 2.94 bits per heavy atom. The number of amides is 1. The molecule has 1 aromatic heterocycles. The number of halogens is 1. The molecule has 1 aliphatic rings. The highest BCUT2D eigenvalue weighted by Gasteiger charge is 2.19. The number of carbonyl (C=O) groups is 1. The highest BCUT2D eigenvalue weighted by atomic mass is 35.5. The van der Waals surface area contributed by atoms with Gasteiger partial charge in [-0.1, -0.05) is 11.6 Å². The van der Waals surface area contributed by atoms with E-state index in [9.17, 15) is 9.90 Å². The summed E-state index contributed by atoms with van der Waals surface area (Å²) in [7, 11) is 0. The third kappa shape index (κ3) is 3.66. The van der Waals surface area contributed by atoms with Gasteiger partial charge in [-0.25, -0.2) is 4.98 Å². The third-order valence-corrected chi connectivity index (χ3v) is 3.26. The minimum atomic E-state index is -0.225. The van der Waals surface area contributed by atoms with E-state index in [1.807, 2.05) is 4.90 Å². The molecule has 5 nitrogen and oxygen atoms in total. The first-order valence-corrected chi connectivity index (χ1v) is 6.34. The van der Waals surface area contributed by atoms with E-state index in [-0.39, 0.29) is 12.0 Å². The number of hydrogen-bond acceptors (Lipinski definition) is 4. The fraction of sp³-hybridized carbons (Fsp3) is 0.500. The van der Waals surface area contributed by atoms with Crippen molar-refractivity contribution in [3.05, 3.63) is 23.5 Å². The number of piperidine rings is 1. The van der Waals surface area contributed by atoms with E-state index < -0.39 is 0 Å². The summed E-state index contributed by atoms with van der Waals surface area (Å²) in [5.74, 6) is -0.110. The molecule has 2 N–H and O–H groups in total. The molecule has 0 radical (unpaired) electrons. The monoisotopic (exact) mass is 269 g/mol. The number of aliphatic hydroxyl groups is 1. The van der Waals surface area contributed by atoms with Crippen molar-refractivity contribution in [2.45, 2.75) is 18.9 Å². The van der Waals surface area contributed by atoms with Crippen molar-refractivity contribution in [1.29, 1.82) is 0 Å². The number of rotatable bonds is 3. The van der Waals surface area contributed by atoms with Crippen LogP contribution in [0, 0.1) is 0 Å². The highest BCUT2D eigenvalue weighted by molar-refractivity contribution is 6.32. The smallest absolute Gasteiger partial charge is 0.238 e. The van der Waals surface area contributed by atoms with Crippen LogP contribution in [0.5, 0.6) is 0 Å². The molecular weight excluding hydrogens is 254 g/mol. The molecule has 0 saturated carbocycles. The molecule has 1 aromatic rings. The minimum Gasteiger partial charge on any atom is -0.393 e. The molecule has 1 saturated heterocycles. The standard InChI is InChI=1S/C12H16ClN3O2/c13-12-10(2-1-5-14-12)15-11(18)8-16-6-3-9(17)4-7-16/h1-2,5,9,17H,3-4,6-8H2,(H,15,18). The fourth-order valence-electron chi connectivity index (χ4n) is 1.95. The molecule has 1 amide bonds. The summed E-state index contributed by atoms with van der Waals surface area (Å²) in [6, 6.07) is 3.44. The lowest BCUT2D eigenvalue weighted by Crippen LogP contribution is -2.40. The maximum Gasteiger partial charge on any atom is 0.238 e. The molecule has 0 aliphatic carbocycles. The Hall–Kier alpha value is -1.17. The van der Waals surface area contributed by atoms with Gasteiger partial charge in [0.2, 0.25) is 5.91 Å². The Kier molecular flexibility index (Phi) is 4.52. The van der Waals surface area contributed by atoms with E-state index in [0.717, 1.165) is 25.9 Å². The Morgan fingerprint density at radius 2 is 2.28 bits per heavy atom. The number of anilines is 1. The van der Waals surface area contributed by atoms with Crippen LogP contribution in [-0.2, 0) is 4.79 Å². The molecule has 0 aromatic carbocycles. The van der Waals surface area contributed by atoms with Crippen molar-refractivity contribution in [1.82, 2.24) is 9.88 Å². The fourth-order valence-corrected chi connectivity index (χ4v) is 2.12. The van der Waals surface area contributed by atoms with Crippen LogP contribution in [0.15, 0.2) is 18.3 Å². The number of nitrogens with zero attached hydrogens (tertiary/aromatic N) is 2. The number of carbonyl (C=O) groups excluding carboxylic acids is 1. The first-order chi connectivity index (χ1) is 8.65. The number of hydrogen-bond donors (Lipinski definition) is 2. The third-order valence-electron chi connectivity index (χ3n) is 2.96. The molecule has 2 heterocycles. The van der Waals surface area contributed by atoms with Gasteiger partial charge in [-0.15, -0.1) is 0 Å². The van der Waals surface area contributed by atoms with Crippen molar-refractivity contribution in [2.24, 2.45) is 0 Å². The van der Waals surface area contributed by atoms with Crippen LogP contribution in [0.2, 0.25) is 5.15 Å². The van der Waals surface area contributed by atoms with Gasteiger partial charge in [0.15, 0.2) is 5.15 Å². The molecule has 1 fully saturated rings. The lowest BCUT2D eigenvalue weighted by molar-refractivity contribution is -0.117. The summed E-state index contributed by atoms with van der Waals surface area (Å²) in [5.41, 5.74) is 0.529. The van der Waals surface area contributed by atoms with Crippen LogP contribution in [0.3, 0.4) is 0 Å². The predicted octanol–water partition coefficient (Wildman–Crippen LogP) is 1.13. The number of aliphatic hydroxyl groups excluding tert-OH is 1. The molecule has 2 rings (SSSR count). The largest absolute Gasteiger partial charge is 0.393 e. The number of pyridine rings is 1. The molecule has 6 heteroatoms.